The second-order valence-corrected chi connectivity index (χ2v) is 15.2. The molecular formula is C38H36Cl2N4O3. The number of rotatable bonds is 6. The molecule has 0 radical (unpaired) electrons. The molecule has 0 fully saturated rings. The van der Waals surface area contributed by atoms with Gasteiger partial charge in [-0.2, -0.15) is 0 Å². The quantitative estimate of drug-likeness (QED) is 0.204. The van der Waals surface area contributed by atoms with E-state index >= 15 is 0 Å². The zero-order valence-electron chi connectivity index (χ0n) is 26.9. The molecule has 4 aromatic rings. The minimum Gasteiger partial charge on any atom is -0.487 e. The summed E-state index contributed by atoms with van der Waals surface area (Å²) in [4.78, 5) is 30.5. The van der Waals surface area contributed by atoms with E-state index in [2.05, 4.69) is 42.9 Å². The second-order valence-electron chi connectivity index (χ2n) is 14.3. The Morgan fingerprint density at radius 2 is 1.23 bits per heavy atom. The molecule has 240 valence electrons. The third kappa shape index (κ3) is 6.15. The number of aromatic nitrogens is 3. The molecule has 2 heterocycles. The van der Waals surface area contributed by atoms with Crippen molar-refractivity contribution in [2.24, 2.45) is 10.8 Å². The van der Waals surface area contributed by atoms with Crippen molar-refractivity contribution in [2.75, 3.05) is 4.90 Å². The van der Waals surface area contributed by atoms with Gasteiger partial charge in [0.15, 0.2) is 11.6 Å². The summed E-state index contributed by atoms with van der Waals surface area (Å²) >= 11 is 12.3. The summed E-state index contributed by atoms with van der Waals surface area (Å²) in [6.07, 6.45) is 4.11. The predicted molar refractivity (Wildman–Crippen MR) is 184 cm³/mol. The number of hydrogen-bond acceptors (Lipinski definition) is 6. The minimum absolute atomic E-state index is 0.0912. The fraction of sp³-hybridized carbons (Fsp3) is 0.316. The number of Topliss-reactive ketones (excluding diaryl/α,β-unsaturated/α-hetero) is 2. The Bertz CT molecular complexity index is 1880. The van der Waals surface area contributed by atoms with Crippen molar-refractivity contribution >= 4 is 40.5 Å². The highest BCUT2D eigenvalue weighted by Gasteiger charge is 2.49. The van der Waals surface area contributed by atoms with E-state index in [0.29, 0.717) is 34.3 Å². The molecule has 0 amide bonds. The third-order valence-corrected chi connectivity index (χ3v) is 9.73. The van der Waals surface area contributed by atoms with Crippen LogP contribution in [-0.4, -0.2) is 26.6 Å². The van der Waals surface area contributed by atoms with E-state index in [1.54, 1.807) is 16.8 Å². The van der Waals surface area contributed by atoms with Crippen LogP contribution in [0.5, 0.6) is 5.75 Å². The van der Waals surface area contributed by atoms with Crippen molar-refractivity contribution in [3.05, 3.63) is 123 Å². The van der Waals surface area contributed by atoms with Crippen LogP contribution >= 0.6 is 23.2 Å². The fourth-order valence-electron chi connectivity index (χ4n) is 7.20. The summed E-state index contributed by atoms with van der Waals surface area (Å²) in [6, 6.07) is 22.8. The lowest BCUT2D eigenvalue weighted by Gasteiger charge is -2.49. The van der Waals surface area contributed by atoms with E-state index in [4.69, 9.17) is 27.9 Å². The number of hydrogen-bond donors (Lipinski definition) is 0. The van der Waals surface area contributed by atoms with Crippen LogP contribution in [-0.2, 0) is 16.2 Å². The largest absolute Gasteiger partial charge is 0.487 e. The van der Waals surface area contributed by atoms with E-state index < -0.39 is 5.92 Å². The molecule has 0 saturated carbocycles. The molecule has 0 atom stereocenters. The molecule has 9 heteroatoms. The fourth-order valence-corrected chi connectivity index (χ4v) is 7.45. The highest BCUT2D eigenvalue weighted by atomic mass is 35.5. The topological polar surface area (TPSA) is 77.3 Å². The lowest BCUT2D eigenvalue weighted by Crippen LogP contribution is -2.44. The average Bonchev–Trinajstić information content (AvgIpc) is 3.48. The maximum absolute atomic E-state index is 14.1. The highest BCUT2D eigenvalue weighted by molar-refractivity contribution is 6.30. The number of benzene rings is 3. The van der Waals surface area contributed by atoms with Gasteiger partial charge in [-0.15, -0.1) is 5.10 Å². The molecular weight excluding hydrogens is 631 g/mol. The van der Waals surface area contributed by atoms with Crippen molar-refractivity contribution in [2.45, 2.75) is 65.9 Å². The number of nitrogens with zero attached hydrogens (tertiary/aromatic N) is 4. The number of halogens is 2. The van der Waals surface area contributed by atoms with Crippen LogP contribution in [0.3, 0.4) is 0 Å². The maximum atomic E-state index is 14.1. The molecule has 0 saturated heterocycles. The van der Waals surface area contributed by atoms with Crippen LogP contribution in [0.4, 0.5) is 5.69 Å². The van der Waals surface area contributed by atoms with Gasteiger partial charge in [0, 0.05) is 57.0 Å². The molecule has 1 aliphatic heterocycles. The average molecular weight is 668 g/mol. The standard InChI is InChI=1S/C38H36Cl2N4O3/c1-37(2)17-30-35(32(45)19-37)34(36-31(18-38(3,4)20-33(36)46)44(30)28-13-9-25(40)10-14-28)23-5-15-29(16-6-23)47-22-26-21-43(42-41-26)27-11-7-24(39)8-12-27/h5-16,21,34H,17-20,22H2,1-4H3. The number of anilines is 1. The van der Waals surface area contributed by atoms with Gasteiger partial charge in [-0.05, 0) is 89.9 Å². The summed E-state index contributed by atoms with van der Waals surface area (Å²) in [7, 11) is 0. The van der Waals surface area contributed by atoms with Gasteiger partial charge in [-0.3, -0.25) is 9.59 Å². The van der Waals surface area contributed by atoms with E-state index in [1.165, 1.54) is 0 Å². The van der Waals surface area contributed by atoms with Gasteiger partial charge in [0.1, 0.15) is 18.1 Å². The SMILES string of the molecule is CC1(C)CC(=O)C2=C(C1)N(c1ccc(Cl)cc1)C1=C(C(=O)CC(C)(C)C1)C2c1ccc(OCc2cn(-c3ccc(Cl)cc3)nn2)cc1. The lowest BCUT2D eigenvalue weighted by atomic mass is 9.63. The Hall–Kier alpha value is -4.20. The molecule has 7 rings (SSSR count). The van der Waals surface area contributed by atoms with Gasteiger partial charge in [0.05, 0.1) is 11.9 Å². The van der Waals surface area contributed by atoms with Gasteiger partial charge in [-0.25, -0.2) is 4.68 Å². The Kier molecular flexibility index (Phi) is 7.88. The van der Waals surface area contributed by atoms with Crippen LogP contribution < -0.4 is 9.64 Å². The Morgan fingerprint density at radius 1 is 0.723 bits per heavy atom. The van der Waals surface area contributed by atoms with Crippen molar-refractivity contribution in [1.82, 2.24) is 15.0 Å². The second kappa shape index (κ2) is 11.8. The minimum atomic E-state index is -0.441. The zero-order valence-corrected chi connectivity index (χ0v) is 28.4. The monoisotopic (exact) mass is 666 g/mol. The highest BCUT2D eigenvalue weighted by Crippen LogP contribution is 2.55. The van der Waals surface area contributed by atoms with Crippen LogP contribution in [0.25, 0.3) is 5.69 Å². The van der Waals surface area contributed by atoms with Gasteiger partial charge in [0.25, 0.3) is 0 Å². The Labute approximate surface area is 284 Å². The van der Waals surface area contributed by atoms with Crippen molar-refractivity contribution in [1.29, 1.82) is 0 Å². The summed E-state index contributed by atoms with van der Waals surface area (Å²) in [5.41, 5.74) is 6.31. The van der Waals surface area contributed by atoms with E-state index in [9.17, 15) is 9.59 Å². The van der Waals surface area contributed by atoms with Gasteiger partial charge < -0.3 is 9.64 Å². The van der Waals surface area contributed by atoms with Crippen molar-refractivity contribution < 1.29 is 14.3 Å². The van der Waals surface area contributed by atoms with Crippen LogP contribution in [0.1, 0.15) is 70.6 Å². The summed E-state index contributed by atoms with van der Waals surface area (Å²) in [5, 5.41) is 9.74. The van der Waals surface area contributed by atoms with Gasteiger partial charge in [-0.1, -0.05) is 68.2 Å². The molecule has 0 N–H and O–H groups in total. The van der Waals surface area contributed by atoms with Crippen LogP contribution in [0, 0.1) is 10.8 Å². The van der Waals surface area contributed by atoms with E-state index in [1.807, 2.05) is 66.9 Å². The van der Waals surface area contributed by atoms with Crippen molar-refractivity contribution in [3.8, 4) is 11.4 Å². The first-order valence-electron chi connectivity index (χ1n) is 15.9. The van der Waals surface area contributed by atoms with Gasteiger partial charge >= 0.3 is 0 Å². The molecule has 0 bridgehead atoms. The van der Waals surface area contributed by atoms with Crippen LogP contribution in [0.15, 0.2) is 102 Å². The molecule has 7 nitrogen and oxygen atoms in total. The predicted octanol–water partition coefficient (Wildman–Crippen LogP) is 9.04. The summed E-state index contributed by atoms with van der Waals surface area (Å²) in [5.74, 6) is 0.398. The first-order valence-corrected chi connectivity index (χ1v) is 16.6. The van der Waals surface area contributed by atoms with E-state index in [-0.39, 0.29) is 29.0 Å². The molecule has 47 heavy (non-hydrogen) atoms. The Morgan fingerprint density at radius 3 is 1.77 bits per heavy atom. The first kappa shape index (κ1) is 31.4. The smallest absolute Gasteiger partial charge is 0.162 e. The molecule has 3 aliphatic rings. The Balaban J connectivity index is 1.24. The van der Waals surface area contributed by atoms with Gasteiger partial charge in [0.2, 0.25) is 0 Å². The number of carbonyl (C=O) groups excluding carboxylic acids is 2. The normalized spacial score (nSPS) is 19.1. The molecule has 1 aromatic heterocycles. The molecule has 2 aliphatic carbocycles. The molecule has 3 aromatic carbocycles. The third-order valence-electron chi connectivity index (χ3n) is 9.23. The van der Waals surface area contributed by atoms with Crippen LogP contribution in [0.2, 0.25) is 10.0 Å². The molecule has 0 spiro atoms. The maximum Gasteiger partial charge on any atom is 0.162 e. The number of allylic oxidation sites excluding steroid dienone is 4. The van der Waals surface area contributed by atoms with Crippen molar-refractivity contribution in [3.63, 3.8) is 0 Å². The van der Waals surface area contributed by atoms with E-state index in [0.717, 1.165) is 52.3 Å². The number of ether oxygens (including phenoxy) is 1. The number of carbonyl (C=O) groups is 2. The first-order chi connectivity index (χ1) is 22.4. The summed E-state index contributed by atoms with van der Waals surface area (Å²) in [6.45, 7) is 8.80. The zero-order chi connectivity index (χ0) is 33.1. The molecule has 0 unspecified atom stereocenters. The summed E-state index contributed by atoms with van der Waals surface area (Å²) < 4.78 is 7.76. The lowest BCUT2D eigenvalue weighted by molar-refractivity contribution is -0.119. The number of ketones is 2.